The highest BCUT2D eigenvalue weighted by Gasteiger charge is 2.23. The molecule has 0 spiro atoms. The lowest BCUT2D eigenvalue weighted by Crippen LogP contribution is -2.36. The van der Waals surface area contributed by atoms with E-state index in [4.69, 9.17) is 0 Å². The zero-order valence-corrected chi connectivity index (χ0v) is 18.0. The third-order valence-electron chi connectivity index (χ3n) is 5.46. The molecule has 1 amide bonds. The predicted octanol–water partition coefficient (Wildman–Crippen LogP) is 3.99. The molecule has 7 heteroatoms. The Kier molecular flexibility index (Phi) is 5.78. The van der Waals surface area contributed by atoms with Gasteiger partial charge in [-0.25, -0.2) is 12.8 Å². The van der Waals surface area contributed by atoms with Gasteiger partial charge >= 0.3 is 0 Å². The van der Waals surface area contributed by atoms with Crippen LogP contribution in [0.2, 0.25) is 0 Å². The van der Waals surface area contributed by atoms with Gasteiger partial charge < -0.3 is 4.90 Å². The number of benzene rings is 3. The number of carbonyl (C=O) groups excluding carboxylic acids is 1. The maximum absolute atomic E-state index is 13.2. The third kappa shape index (κ3) is 4.77. The lowest BCUT2D eigenvalue weighted by atomic mass is 9.99. The second-order valence-electron chi connectivity index (χ2n) is 7.69. The topological polar surface area (TPSA) is 57.7 Å². The molecule has 31 heavy (non-hydrogen) atoms. The van der Waals surface area contributed by atoms with Crippen molar-refractivity contribution in [3.63, 3.8) is 0 Å². The Morgan fingerprint density at radius 1 is 0.968 bits per heavy atom. The van der Waals surface area contributed by atoms with Crippen LogP contribution >= 0.6 is 0 Å². The van der Waals surface area contributed by atoms with Gasteiger partial charge in [0.25, 0.3) is 5.91 Å². The molecule has 0 N–H and O–H groups in total. The van der Waals surface area contributed by atoms with Crippen molar-refractivity contribution < 1.29 is 17.6 Å². The fourth-order valence-corrected chi connectivity index (χ4v) is 4.67. The summed E-state index contributed by atoms with van der Waals surface area (Å²) < 4.78 is 39.1. The molecule has 0 aromatic heterocycles. The van der Waals surface area contributed by atoms with Gasteiger partial charge in [0.1, 0.15) is 5.82 Å². The highest BCUT2D eigenvalue weighted by molar-refractivity contribution is 7.92. The highest BCUT2D eigenvalue weighted by atomic mass is 32.2. The molecular formula is C24H23FN2O3S. The van der Waals surface area contributed by atoms with Gasteiger partial charge in [-0.3, -0.25) is 9.10 Å². The molecule has 0 saturated heterocycles. The number of fused-ring (bicyclic) bond motifs is 1. The standard InChI is InChI=1S/C24H23FN2O3S/c1-31(29,30)27(16-18-6-10-22(25)11-7-18)23-12-8-20(9-13-23)24(28)26-15-14-19-4-2-3-5-21(19)17-26/h2-13H,14-17H2,1H3. The molecule has 3 aromatic rings. The fourth-order valence-electron chi connectivity index (χ4n) is 3.78. The number of hydrogen-bond donors (Lipinski definition) is 0. The number of anilines is 1. The summed E-state index contributed by atoms with van der Waals surface area (Å²) in [7, 11) is -3.57. The van der Waals surface area contributed by atoms with E-state index in [9.17, 15) is 17.6 Å². The molecule has 0 aliphatic carbocycles. The van der Waals surface area contributed by atoms with Crippen LogP contribution < -0.4 is 4.31 Å². The lowest BCUT2D eigenvalue weighted by Gasteiger charge is -2.29. The van der Waals surface area contributed by atoms with Gasteiger partial charge in [-0.2, -0.15) is 0 Å². The minimum absolute atomic E-state index is 0.0782. The van der Waals surface area contributed by atoms with Crippen LogP contribution in [0, 0.1) is 5.82 Å². The summed E-state index contributed by atoms with van der Waals surface area (Å²) >= 11 is 0. The minimum Gasteiger partial charge on any atom is -0.334 e. The van der Waals surface area contributed by atoms with Crippen LogP contribution in [0.15, 0.2) is 72.8 Å². The van der Waals surface area contributed by atoms with Crippen LogP contribution in [0.4, 0.5) is 10.1 Å². The fraction of sp³-hybridized carbons (Fsp3) is 0.208. The molecule has 0 fully saturated rings. The Morgan fingerprint density at radius 3 is 2.26 bits per heavy atom. The van der Waals surface area contributed by atoms with E-state index in [0.717, 1.165) is 18.2 Å². The largest absolute Gasteiger partial charge is 0.334 e. The van der Waals surface area contributed by atoms with E-state index in [0.29, 0.717) is 29.9 Å². The molecule has 0 bridgehead atoms. The molecule has 0 atom stereocenters. The van der Waals surface area contributed by atoms with Crippen molar-refractivity contribution in [2.24, 2.45) is 0 Å². The number of carbonyl (C=O) groups is 1. The van der Waals surface area contributed by atoms with Crippen LogP contribution in [-0.4, -0.2) is 32.0 Å². The SMILES string of the molecule is CS(=O)(=O)N(Cc1ccc(F)cc1)c1ccc(C(=O)N2CCc3ccccc3C2)cc1. The van der Waals surface area contributed by atoms with Gasteiger partial charge in [-0.1, -0.05) is 36.4 Å². The van der Waals surface area contributed by atoms with Crippen molar-refractivity contribution in [3.8, 4) is 0 Å². The van der Waals surface area contributed by atoms with E-state index in [1.807, 2.05) is 23.1 Å². The van der Waals surface area contributed by atoms with Crippen LogP contribution in [0.1, 0.15) is 27.0 Å². The van der Waals surface area contributed by atoms with E-state index in [1.165, 1.54) is 22.0 Å². The Balaban J connectivity index is 1.53. The minimum atomic E-state index is -3.57. The first-order valence-electron chi connectivity index (χ1n) is 9.99. The normalized spacial score (nSPS) is 13.5. The molecule has 1 aliphatic heterocycles. The zero-order chi connectivity index (χ0) is 22.0. The number of hydrogen-bond acceptors (Lipinski definition) is 3. The van der Waals surface area contributed by atoms with Crippen LogP contribution in [-0.2, 0) is 29.5 Å². The van der Waals surface area contributed by atoms with Crippen molar-refractivity contribution in [1.82, 2.24) is 4.90 Å². The average molecular weight is 439 g/mol. The second kappa shape index (κ2) is 8.51. The molecule has 4 rings (SSSR count). The van der Waals surface area contributed by atoms with E-state index >= 15 is 0 Å². The van der Waals surface area contributed by atoms with E-state index < -0.39 is 10.0 Å². The Labute approximate surface area is 181 Å². The Morgan fingerprint density at radius 2 is 1.61 bits per heavy atom. The van der Waals surface area contributed by atoms with Crippen molar-refractivity contribution in [1.29, 1.82) is 0 Å². The Bertz CT molecular complexity index is 1190. The van der Waals surface area contributed by atoms with Gasteiger partial charge in [-0.15, -0.1) is 0 Å². The molecule has 3 aromatic carbocycles. The molecule has 1 aliphatic rings. The molecule has 0 saturated carbocycles. The van der Waals surface area contributed by atoms with Crippen LogP contribution in [0.5, 0.6) is 0 Å². The van der Waals surface area contributed by atoms with Crippen molar-refractivity contribution in [2.75, 3.05) is 17.1 Å². The Hall–Kier alpha value is -3.19. The third-order valence-corrected chi connectivity index (χ3v) is 6.60. The second-order valence-corrected chi connectivity index (χ2v) is 9.60. The average Bonchev–Trinajstić information content (AvgIpc) is 2.77. The summed E-state index contributed by atoms with van der Waals surface area (Å²) in [6.07, 6.45) is 1.94. The first kappa shape index (κ1) is 21.1. The van der Waals surface area contributed by atoms with Crippen LogP contribution in [0.25, 0.3) is 0 Å². The van der Waals surface area contributed by atoms with E-state index in [1.54, 1.807) is 36.4 Å². The van der Waals surface area contributed by atoms with Gasteiger partial charge in [-0.05, 0) is 59.5 Å². The summed E-state index contributed by atoms with van der Waals surface area (Å²) in [5, 5.41) is 0. The highest BCUT2D eigenvalue weighted by Crippen LogP contribution is 2.24. The van der Waals surface area contributed by atoms with Gasteiger partial charge in [0, 0.05) is 18.7 Å². The van der Waals surface area contributed by atoms with Crippen molar-refractivity contribution >= 4 is 21.6 Å². The van der Waals surface area contributed by atoms with Gasteiger partial charge in [0.2, 0.25) is 10.0 Å². The van der Waals surface area contributed by atoms with Crippen molar-refractivity contribution in [2.45, 2.75) is 19.5 Å². The molecular weight excluding hydrogens is 415 g/mol. The first-order valence-corrected chi connectivity index (χ1v) is 11.8. The smallest absolute Gasteiger partial charge is 0.254 e. The molecule has 0 unspecified atom stereocenters. The van der Waals surface area contributed by atoms with Gasteiger partial charge in [0.05, 0.1) is 18.5 Å². The van der Waals surface area contributed by atoms with Crippen molar-refractivity contribution in [3.05, 3.63) is 101 Å². The first-order chi connectivity index (χ1) is 14.8. The van der Waals surface area contributed by atoms with Crippen LogP contribution in [0.3, 0.4) is 0 Å². The molecule has 5 nitrogen and oxygen atoms in total. The van der Waals surface area contributed by atoms with Gasteiger partial charge in [0.15, 0.2) is 0 Å². The van der Waals surface area contributed by atoms with E-state index in [-0.39, 0.29) is 18.3 Å². The summed E-state index contributed by atoms with van der Waals surface area (Å²) in [5.41, 5.74) is 4.05. The molecule has 160 valence electrons. The summed E-state index contributed by atoms with van der Waals surface area (Å²) in [4.78, 5) is 14.8. The predicted molar refractivity (Wildman–Crippen MR) is 119 cm³/mol. The zero-order valence-electron chi connectivity index (χ0n) is 17.2. The lowest BCUT2D eigenvalue weighted by molar-refractivity contribution is 0.0734. The summed E-state index contributed by atoms with van der Waals surface area (Å²) in [6, 6.07) is 20.4. The number of rotatable bonds is 5. The summed E-state index contributed by atoms with van der Waals surface area (Å²) in [6.45, 7) is 1.30. The molecule has 0 radical (unpaired) electrons. The number of amides is 1. The monoisotopic (exact) mass is 438 g/mol. The maximum atomic E-state index is 13.2. The number of sulfonamides is 1. The van der Waals surface area contributed by atoms with E-state index in [2.05, 4.69) is 6.07 Å². The number of nitrogens with zero attached hydrogens (tertiary/aromatic N) is 2. The molecule has 1 heterocycles. The summed E-state index contributed by atoms with van der Waals surface area (Å²) in [5.74, 6) is -0.455. The quantitative estimate of drug-likeness (QED) is 0.605. The number of halogens is 1. The maximum Gasteiger partial charge on any atom is 0.254 e.